The first-order valence-electron chi connectivity index (χ1n) is 9.04. The molecule has 2 aliphatic rings. The number of fused-ring (bicyclic) bond motifs is 1. The van der Waals surface area contributed by atoms with Crippen LogP contribution in [0, 0.1) is 5.92 Å². The van der Waals surface area contributed by atoms with Crippen LogP contribution in [0.3, 0.4) is 0 Å². The topological polar surface area (TPSA) is 108 Å². The number of rotatable bonds is 8. The van der Waals surface area contributed by atoms with Gasteiger partial charge in [-0.25, -0.2) is 4.99 Å². The SMILES string of the molecule is CCCCCCCCC(=O)NNC(=O)C1=C(O)C2C=CC=CC2=NC1=O. The number of carbonyl (C=O) groups excluding carboxylic acids is 3. The molecule has 0 saturated heterocycles. The number of unbranched alkanes of at least 4 members (excludes halogenated alkanes) is 5. The standard InChI is InChI=1S/C19H25N3O4/c1-2-3-4-5-6-7-12-15(23)21-22-19(26)16-17(24)13-10-8-9-11-14(13)20-18(16)25/h8-11,13,24H,2-7,12H2,1H3,(H,21,23)(H,22,26). The monoisotopic (exact) mass is 359 g/mol. The van der Waals surface area contributed by atoms with Gasteiger partial charge in [0, 0.05) is 6.42 Å². The van der Waals surface area contributed by atoms with Crippen LogP contribution in [0.1, 0.15) is 51.9 Å². The van der Waals surface area contributed by atoms with E-state index in [1.807, 2.05) is 0 Å². The van der Waals surface area contributed by atoms with Gasteiger partial charge in [-0.15, -0.1) is 0 Å². The molecule has 0 aromatic rings. The van der Waals surface area contributed by atoms with Crippen molar-refractivity contribution in [3.8, 4) is 0 Å². The fourth-order valence-electron chi connectivity index (χ4n) is 2.84. The van der Waals surface area contributed by atoms with E-state index in [1.165, 1.54) is 12.8 Å². The molecule has 140 valence electrons. The van der Waals surface area contributed by atoms with E-state index < -0.39 is 23.3 Å². The first-order chi connectivity index (χ1) is 12.5. The molecular weight excluding hydrogens is 334 g/mol. The van der Waals surface area contributed by atoms with Crippen LogP contribution >= 0.6 is 0 Å². The molecule has 0 spiro atoms. The molecule has 0 fully saturated rings. The number of aliphatic imine (C=N–C) groups is 1. The van der Waals surface area contributed by atoms with Gasteiger partial charge in [0.05, 0.1) is 11.6 Å². The largest absolute Gasteiger partial charge is 0.510 e. The molecule has 1 heterocycles. The van der Waals surface area contributed by atoms with Crippen LogP contribution in [0.15, 0.2) is 40.6 Å². The number of allylic oxidation sites excluding steroid dienone is 4. The van der Waals surface area contributed by atoms with Crippen LogP contribution < -0.4 is 10.9 Å². The van der Waals surface area contributed by atoms with E-state index in [1.54, 1.807) is 24.3 Å². The summed E-state index contributed by atoms with van der Waals surface area (Å²) in [6.45, 7) is 2.15. The average Bonchev–Trinajstić information content (AvgIpc) is 2.63. The van der Waals surface area contributed by atoms with Crippen LogP contribution in [-0.4, -0.2) is 28.5 Å². The Morgan fingerprint density at radius 2 is 1.85 bits per heavy atom. The van der Waals surface area contributed by atoms with Crippen molar-refractivity contribution < 1.29 is 19.5 Å². The number of aliphatic hydroxyl groups excluding tert-OH is 1. The second-order valence-electron chi connectivity index (χ2n) is 6.34. The fourth-order valence-corrected chi connectivity index (χ4v) is 2.84. The van der Waals surface area contributed by atoms with E-state index in [0.29, 0.717) is 12.1 Å². The van der Waals surface area contributed by atoms with Gasteiger partial charge < -0.3 is 5.11 Å². The van der Waals surface area contributed by atoms with Gasteiger partial charge >= 0.3 is 0 Å². The van der Waals surface area contributed by atoms with Crippen molar-refractivity contribution in [1.29, 1.82) is 0 Å². The molecule has 0 aromatic carbocycles. The van der Waals surface area contributed by atoms with Gasteiger partial charge in [-0.05, 0) is 12.5 Å². The number of amides is 3. The lowest BCUT2D eigenvalue weighted by Gasteiger charge is -2.21. The Kier molecular flexibility index (Phi) is 7.32. The van der Waals surface area contributed by atoms with Gasteiger partial charge in [0.15, 0.2) is 0 Å². The summed E-state index contributed by atoms with van der Waals surface area (Å²) in [4.78, 5) is 39.8. The van der Waals surface area contributed by atoms with Gasteiger partial charge in [0.2, 0.25) is 5.91 Å². The zero-order valence-corrected chi connectivity index (χ0v) is 15.0. The van der Waals surface area contributed by atoms with Crippen LogP contribution in [0.25, 0.3) is 0 Å². The van der Waals surface area contributed by atoms with Crippen LogP contribution in [-0.2, 0) is 14.4 Å². The molecule has 7 nitrogen and oxygen atoms in total. The number of hydrazine groups is 1. The lowest BCUT2D eigenvalue weighted by Crippen LogP contribution is -2.44. The van der Waals surface area contributed by atoms with Gasteiger partial charge in [0.25, 0.3) is 11.8 Å². The lowest BCUT2D eigenvalue weighted by atomic mass is 9.90. The molecule has 2 rings (SSSR count). The predicted molar refractivity (Wildman–Crippen MR) is 98.1 cm³/mol. The Morgan fingerprint density at radius 3 is 2.62 bits per heavy atom. The normalized spacial score (nSPS) is 18.4. The fraction of sp³-hybridized carbons (Fsp3) is 0.474. The highest BCUT2D eigenvalue weighted by Gasteiger charge is 2.34. The maximum absolute atomic E-state index is 12.2. The Labute approximate surface area is 152 Å². The van der Waals surface area contributed by atoms with Crippen LogP contribution in [0.2, 0.25) is 0 Å². The number of hydrogen-bond donors (Lipinski definition) is 3. The highest BCUT2D eigenvalue weighted by Crippen LogP contribution is 2.25. The molecule has 0 radical (unpaired) electrons. The smallest absolute Gasteiger partial charge is 0.286 e. The number of aliphatic hydroxyl groups is 1. The van der Waals surface area contributed by atoms with E-state index in [2.05, 4.69) is 22.8 Å². The first kappa shape index (κ1) is 19.6. The Balaban J connectivity index is 1.80. The molecule has 3 amide bonds. The number of dihydropyridines is 1. The molecule has 1 aliphatic carbocycles. The van der Waals surface area contributed by atoms with Gasteiger partial charge in [-0.2, -0.15) is 0 Å². The van der Waals surface area contributed by atoms with Crippen molar-refractivity contribution in [2.24, 2.45) is 10.9 Å². The Morgan fingerprint density at radius 1 is 1.12 bits per heavy atom. The zero-order chi connectivity index (χ0) is 18.9. The zero-order valence-electron chi connectivity index (χ0n) is 15.0. The van der Waals surface area contributed by atoms with Gasteiger partial charge in [0.1, 0.15) is 11.3 Å². The molecule has 1 aliphatic heterocycles. The van der Waals surface area contributed by atoms with Crippen molar-refractivity contribution in [3.05, 3.63) is 35.6 Å². The number of hydrogen-bond acceptors (Lipinski definition) is 4. The summed E-state index contributed by atoms with van der Waals surface area (Å²) in [6.07, 6.45) is 13.3. The molecular formula is C19H25N3O4. The summed E-state index contributed by atoms with van der Waals surface area (Å²) in [7, 11) is 0. The Hall–Kier alpha value is -2.70. The number of nitrogens with zero attached hydrogens (tertiary/aromatic N) is 1. The summed E-state index contributed by atoms with van der Waals surface area (Å²) in [6, 6.07) is 0. The van der Waals surface area contributed by atoms with Crippen molar-refractivity contribution in [1.82, 2.24) is 10.9 Å². The Bertz CT molecular complexity index is 689. The molecule has 0 saturated carbocycles. The summed E-state index contributed by atoms with van der Waals surface area (Å²) in [5, 5.41) is 10.2. The van der Waals surface area contributed by atoms with E-state index in [0.717, 1.165) is 25.7 Å². The van der Waals surface area contributed by atoms with Crippen molar-refractivity contribution in [2.75, 3.05) is 0 Å². The highest BCUT2D eigenvalue weighted by molar-refractivity contribution is 6.25. The minimum Gasteiger partial charge on any atom is -0.510 e. The third-order valence-electron chi connectivity index (χ3n) is 4.30. The molecule has 0 bridgehead atoms. The molecule has 3 N–H and O–H groups in total. The molecule has 26 heavy (non-hydrogen) atoms. The molecule has 0 aromatic heterocycles. The van der Waals surface area contributed by atoms with Crippen LogP contribution in [0.5, 0.6) is 0 Å². The summed E-state index contributed by atoms with van der Waals surface area (Å²) >= 11 is 0. The van der Waals surface area contributed by atoms with E-state index >= 15 is 0 Å². The van der Waals surface area contributed by atoms with Crippen molar-refractivity contribution in [3.63, 3.8) is 0 Å². The molecule has 1 unspecified atom stereocenters. The number of carbonyl (C=O) groups is 3. The second-order valence-corrected chi connectivity index (χ2v) is 6.34. The lowest BCUT2D eigenvalue weighted by molar-refractivity contribution is -0.129. The van der Waals surface area contributed by atoms with E-state index in [-0.39, 0.29) is 11.7 Å². The minimum absolute atomic E-state index is 0.295. The maximum Gasteiger partial charge on any atom is 0.286 e. The summed E-state index contributed by atoms with van der Waals surface area (Å²) in [5.74, 6) is -2.99. The second kappa shape index (κ2) is 9.70. The molecule has 1 atom stereocenters. The third kappa shape index (κ3) is 5.15. The highest BCUT2D eigenvalue weighted by atomic mass is 16.3. The third-order valence-corrected chi connectivity index (χ3v) is 4.30. The van der Waals surface area contributed by atoms with E-state index in [9.17, 15) is 19.5 Å². The molecule has 7 heteroatoms. The quantitative estimate of drug-likeness (QED) is 0.351. The average molecular weight is 359 g/mol. The first-order valence-corrected chi connectivity index (χ1v) is 9.04. The van der Waals surface area contributed by atoms with Crippen molar-refractivity contribution in [2.45, 2.75) is 51.9 Å². The maximum atomic E-state index is 12.2. The summed E-state index contributed by atoms with van der Waals surface area (Å²) < 4.78 is 0. The van der Waals surface area contributed by atoms with Crippen molar-refractivity contribution >= 4 is 23.4 Å². The number of nitrogens with one attached hydrogen (secondary N) is 2. The van der Waals surface area contributed by atoms with Gasteiger partial charge in [-0.3, -0.25) is 25.2 Å². The minimum atomic E-state index is -0.866. The predicted octanol–water partition coefficient (Wildman–Crippen LogP) is 2.42. The van der Waals surface area contributed by atoms with Gasteiger partial charge in [-0.1, -0.05) is 57.3 Å². The van der Waals surface area contributed by atoms with E-state index in [4.69, 9.17) is 0 Å². The van der Waals surface area contributed by atoms with Crippen LogP contribution in [0.4, 0.5) is 0 Å². The summed E-state index contributed by atoms with van der Waals surface area (Å²) in [5.41, 5.74) is 4.40.